The molecule has 2 fully saturated rings. The van der Waals surface area contributed by atoms with Crippen LogP contribution in [-0.2, 0) is 4.74 Å². The molecule has 3 atom stereocenters. The SMILES string of the molecule is C[C@@H](C1CCOCC1)n1nc(C#N)c2c(=O)[nH]c([C@H]3CC[C@@H]3n3cccn3)nc21. The predicted octanol–water partition coefficient (Wildman–Crippen LogP) is 2.29. The summed E-state index contributed by atoms with van der Waals surface area (Å²) >= 11 is 0. The van der Waals surface area contributed by atoms with Crippen LogP contribution in [-0.4, -0.2) is 42.7 Å². The minimum Gasteiger partial charge on any atom is -0.381 e. The van der Waals surface area contributed by atoms with Crippen LogP contribution in [0, 0.1) is 17.2 Å². The molecule has 2 aliphatic rings. The lowest BCUT2D eigenvalue weighted by Gasteiger charge is -2.35. The van der Waals surface area contributed by atoms with Crippen LogP contribution >= 0.6 is 0 Å². The molecule has 0 radical (unpaired) electrons. The van der Waals surface area contributed by atoms with Crippen molar-refractivity contribution in [1.82, 2.24) is 29.5 Å². The summed E-state index contributed by atoms with van der Waals surface area (Å²) in [6, 6.07) is 4.19. The number of aromatic amines is 1. The first-order valence-electron chi connectivity index (χ1n) is 10.2. The Morgan fingerprint density at radius 1 is 1.31 bits per heavy atom. The van der Waals surface area contributed by atoms with Crippen LogP contribution in [0.15, 0.2) is 23.3 Å². The van der Waals surface area contributed by atoms with Gasteiger partial charge in [0.1, 0.15) is 17.3 Å². The average Bonchev–Trinajstić information content (AvgIpc) is 3.35. The molecule has 1 saturated heterocycles. The van der Waals surface area contributed by atoms with E-state index in [1.165, 1.54) is 0 Å². The fraction of sp³-hybridized carbons (Fsp3) is 0.550. The van der Waals surface area contributed by atoms with Gasteiger partial charge in [-0.05, 0) is 44.6 Å². The molecule has 9 heteroatoms. The van der Waals surface area contributed by atoms with Crippen LogP contribution in [0.4, 0.5) is 0 Å². The second-order valence-corrected chi connectivity index (χ2v) is 7.98. The van der Waals surface area contributed by atoms with E-state index in [2.05, 4.69) is 28.2 Å². The molecule has 1 N–H and O–H groups in total. The number of aromatic nitrogens is 6. The molecule has 0 amide bonds. The number of hydrogen-bond donors (Lipinski definition) is 1. The van der Waals surface area contributed by atoms with Crippen molar-refractivity contribution in [1.29, 1.82) is 5.26 Å². The molecule has 1 saturated carbocycles. The lowest BCUT2D eigenvalue weighted by molar-refractivity contribution is 0.0501. The first-order chi connectivity index (χ1) is 14.2. The molecule has 0 unspecified atom stereocenters. The van der Waals surface area contributed by atoms with Gasteiger partial charge in [-0.25, -0.2) is 9.67 Å². The maximum atomic E-state index is 12.9. The number of nitriles is 1. The highest BCUT2D eigenvalue weighted by atomic mass is 16.5. The van der Waals surface area contributed by atoms with Crippen LogP contribution in [0.25, 0.3) is 11.0 Å². The quantitative estimate of drug-likeness (QED) is 0.727. The molecule has 29 heavy (non-hydrogen) atoms. The van der Waals surface area contributed by atoms with E-state index in [1.807, 2.05) is 16.9 Å². The highest BCUT2D eigenvalue weighted by molar-refractivity contribution is 5.80. The zero-order valence-electron chi connectivity index (χ0n) is 16.3. The first kappa shape index (κ1) is 18.1. The Labute approximate surface area is 167 Å². The van der Waals surface area contributed by atoms with Gasteiger partial charge >= 0.3 is 0 Å². The molecule has 3 aromatic rings. The Balaban J connectivity index is 1.58. The highest BCUT2D eigenvalue weighted by Crippen LogP contribution is 2.44. The van der Waals surface area contributed by atoms with Crippen LogP contribution in [0.2, 0.25) is 0 Å². The summed E-state index contributed by atoms with van der Waals surface area (Å²) in [5, 5.41) is 18.6. The van der Waals surface area contributed by atoms with Gasteiger partial charge in [0, 0.05) is 31.5 Å². The molecule has 150 valence electrons. The van der Waals surface area contributed by atoms with E-state index in [0.29, 0.717) is 17.4 Å². The van der Waals surface area contributed by atoms with E-state index in [-0.39, 0.29) is 34.6 Å². The molecule has 0 spiro atoms. The molecular formula is C20H23N7O2. The molecule has 3 aromatic heterocycles. The van der Waals surface area contributed by atoms with Gasteiger partial charge in [0.25, 0.3) is 5.56 Å². The number of H-pyrrole nitrogens is 1. The Morgan fingerprint density at radius 2 is 2.14 bits per heavy atom. The topological polar surface area (TPSA) is 114 Å². The zero-order chi connectivity index (χ0) is 20.0. The highest BCUT2D eigenvalue weighted by Gasteiger charge is 2.37. The van der Waals surface area contributed by atoms with Gasteiger partial charge in [0.05, 0.1) is 12.1 Å². The second-order valence-electron chi connectivity index (χ2n) is 7.98. The first-order valence-corrected chi connectivity index (χ1v) is 10.2. The third-order valence-corrected chi connectivity index (χ3v) is 6.47. The normalized spacial score (nSPS) is 23.6. The third-order valence-electron chi connectivity index (χ3n) is 6.47. The summed E-state index contributed by atoms with van der Waals surface area (Å²) < 4.78 is 9.19. The Kier molecular flexibility index (Phi) is 4.43. The van der Waals surface area contributed by atoms with Crippen LogP contribution < -0.4 is 5.56 Å². The van der Waals surface area contributed by atoms with Gasteiger partial charge in [-0.2, -0.15) is 15.5 Å². The summed E-state index contributed by atoms with van der Waals surface area (Å²) in [4.78, 5) is 20.6. The summed E-state index contributed by atoms with van der Waals surface area (Å²) in [6.07, 6.45) is 7.51. The Bertz CT molecular complexity index is 1120. The van der Waals surface area contributed by atoms with Crippen LogP contribution in [0.5, 0.6) is 0 Å². The maximum absolute atomic E-state index is 12.9. The average molecular weight is 393 g/mol. The van der Waals surface area contributed by atoms with Crippen LogP contribution in [0.1, 0.15) is 62.1 Å². The van der Waals surface area contributed by atoms with E-state index >= 15 is 0 Å². The monoisotopic (exact) mass is 393 g/mol. The van der Waals surface area contributed by atoms with Crippen molar-refractivity contribution in [3.05, 3.63) is 40.3 Å². The number of fused-ring (bicyclic) bond motifs is 1. The van der Waals surface area contributed by atoms with Crippen molar-refractivity contribution in [3.8, 4) is 6.07 Å². The number of hydrogen-bond acceptors (Lipinski definition) is 6. The molecule has 1 aliphatic heterocycles. The smallest absolute Gasteiger partial charge is 0.263 e. The third kappa shape index (κ3) is 2.95. The Hall–Kier alpha value is -2.99. The predicted molar refractivity (Wildman–Crippen MR) is 104 cm³/mol. The maximum Gasteiger partial charge on any atom is 0.263 e. The summed E-state index contributed by atoms with van der Waals surface area (Å²) in [5.41, 5.74) is 0.347. The van der Waals surface area contributed by atoms with Crippen LogP contribution in [0.3, 0.4) is 0 Å². The largest absolute Gasteiger partial charge is 0.381 e. The van der Waals surface area contributed by atoms with E-state index in [4.69, 9.17) is 9.72 Å². The molecule has 0 aromatic carbocycles. The second kappa shape index (κ2) is 7.12. The van der Waals surface area contributed by atoms with Crippen molar-refractivity contribution in [2.45, 2.75) is 50.6 Å². The molecular weight excluding hydrogens is 370 g/mol. The lowest BCUT2D eigenvalue weighted by Crippen LogP contribution is -2.31. The van der Waals surface area contributed by atoms with Crippen molar-refractivity contribution < 1.29 is 4.74 Å². The van der Waals surface area contributed by atoms with E-state index < -0.39 is 0 Å². The number of nitrogens with zero attached hydrogens (tertiary/aromatic N) is 6. The molecule has 9 nitrogen and oxygen atoms in total. The Morgan fingerprint density at radius 3 is 2.79 bits per heavy atom. The fourth-order valence-corrected chi connectivity index (χ4v) is 4.59. The van der Waals surface area contributed by atoms with Gasteiger partial charge < -0.3 is 9.72 Å². The van der Waals surface area contributed by atoms with Gasteiger partial charge in [-0.15, -0.1) is 0 Å². The van der Waals surface area contributed by atoms with Gasteiger partial charge in [0.2, 0.25) is 0 Å². The lowest BCUT2D eigenvalue weighted by atomic mass is 9.79. The number of rotatable bonds is 4. The molecule has 0 bridgehead atoms. The van der Waals surface area contributed by atoms with Crippen molar-refractivity contribution in [2.75, 3.05) is 13.2 Å². The molecule has 5 rings (SSSR count). The standard InChI is InChI=1S/C20H23N7O2/c1-12(13-5-9-29-10-6-13)27-19-17(15(11-21)25-27)20(28)24-18(23-19)14-3-4-16(14)26-8-2-7-22-26/h2,7-8,12-14,16H,3-6,9-10H2,1H3,(H,23,24,28)/t12-,14-,16-/m0/s1. The summed E-state index contributed by atoms with van der Waals surface area (Å²) in [6.45, 7) is 3.54. The summed E-state index contributed by atoms with van der Waals surface area (Å²) in [7, 11) is 0. The van der Waals surface area contributed by atoms with E-state index in [0.717, 1.165) is 38.9 Å². The van der Waals surface area contributed by atoms with Gasteiger partial charge in [0.15, 0.2) is 11.3 Å². The van der Waals surface area contributed by atoms with Gasteiger partial charge in [-0.3, -0.25) is 9.48 Å². The van der Waals surface area contributed by atoms with E-state index in [1.54, 1.807) is 10.9 Å². The zero-order valence-corrected chi connectivity index (χ0v) is 16.3. The number of nitrogens with one attached hydrogen (secondary N) is 1. The van der Waals surface area contributed by atoms with Crippen molar-refractivity contribution in [3.63, 3.8) is 0 Å². The summed E-state index contributed by atoms with van der Waals surface area (Å²) in [5.74, 6) is 1.13. The van der Waals surface area contributed by atoms with Crippen molar-refractivity contribution in [2.24, 2.45) is 5.92 Å². The minimum atomic E-state index is -0.293. The minimum absolute atomic E-state index is 0.0361. The van der Waals surface area contributed by atoms with Gasteiger partial charge in [-0.1, -0.05) is 0 Å². The fourth-order valence-electron chi connectivity index (χ4n) is 4.59. The number of ether oxygens (including phenoxy) is 1. The molecule has 4 heterocycles. The van der Waals surface area contributed by atoms with Crippen molar-refractivity contribution >= 4 is 11.0 Å². The molecule has 1 aliphatic carbocycles. The van der Waals surface area contributed by atoms with E-state index in [9.17, 15) is 10.1 Å².